The molecule has 0 fully saturated rings. The number of hydrogen-bond donors (Lipinski definition) is 0. The largest absolute Gasteiger partial charge is 0.103 e. The third-order valence-corrected chi connectivity index (χ3v) is 1.73. The van der Waals surface area contributed by atoms with Gasteiger partial charge in [-0.1, -0.05) is 29.4 Å². The Labute approximate surface area is 70.3 Å². The Morgan fingerprint density at radius 3 is 2.27 bits per heavy atom. The fourth-order valence-electron chi connectivity index (χ4n) is 0.764. The van der Waals surface area contributed by atoms with E-state index in [-0.39, 0.29) is 0 Å². The Bertz CT molecular complexity index is 170. The molecule has 0 amide bonds. The van der Waals surface area contributed by atoms with E-state index in [4.69, 9.17) is 0 Å². The molecule has 0 aromatic carbocycles. The summed E-state index contributed by atoms with van der Waals surface area (Å²) in [7, 11) is 0. The van der Waals surface area contributed by atoms with Crippen molar-refractivity contribution < 1.29 is 0 Å². The van der Waals surface area contributed by atoms with Gasteiger partial charge in [-0.05, 0) is 33.6 Å². The van der Waals surface area contributed by atoms with Crippen LogP contribution in [0.15, 0.2) is 36.0 Å². The maximum atomic E-state index is 3.69. The Morgan fingerprint density at radius 2 is 1.82 bits per heavy atom. The summed E-state index contributed by atoms with van der Waals surface area (Å²) in [6.45, 7) is 10.1. The van der Waals surface area contributed by atoms with Crippen LogP contribution in [-0.2, 0) is 0 Å². The van der Waals surface area contributed by atoms with Gasteiger partial charge in [-0.3, -0.25) is 0 Å². The second kappa shape index (κ2) is 5.96. The molecule has 0 radical (unpaired) electrons. The molecule has 0 nitrogen and oxygen atoms in total. The van der Waals surface area contributed by atoms with Crippen LogP contribution < -0.4 is 0 Å². The topological polar surface area (TPSA) is 0 Å². The summed E-state index contributed by atoms with van der Waals surface area (Å²) < 4.78 is 0. The van der Waals surface area contributed by atoms with Crippen molar-refractivity contribution in [2.75, 3.05) is 0 Å². The van der Waals surface area contributed by atoms with E-state index < -0.39 is 0 Å². The predicted molar refractivity (Wildman–Crippen MR) is 52.6 cm³/mol. The number of hydrogen-bond acceptors (Lipinski definition) is 0. The first-order valence-electron chi connectivity index (χ1n) is 4.09. The molecule has 0 aliphatic carbocycles. The summed E-state index contributed by atoms with van der Waals surface area (Å²) in [6, 6.07) is 0. The molecule has 0 atom stereocenters. The highest BCUT2D eigenvalue weighted by atomic mass is 13.9. The normalized spacial score (nSPS) is 13.4. The quantitative estimate of drug-likeness (QED) is 0.534. The maximum absolute atomic E-state index is 3.69. The van der Waals surface area contributed by atoms with Gasteiger partial charge in [0.05, 0.1) is 0 Å². The minimum absolute atomic E-state index is 1.01. The molecule has 0 spiro atoms. The number of rotatable bonds is 4. The van der Waals surface area contributed by atoms with Crippen molar-refractivity contribution in [2.45, 2.75) is 33.6 Å². The van der Waals surface area contributed by atoms with Crippen LogP contribution >= 0.6 is 0 Å². The van der Waals surface area contributed by atoms with Crippen LogP contribution in [0.2, 0.25) is 0 Å². The van der Waals surface area contributed by atoms with Gasteiger partial charge in [0.2, 0.25) is 0 Å². The third kappa shape index (κ3) is 5.65. The SMILES string of the molecule is C=CCC(C)=CCC(C)=CC. The summed E-state index contributed by atoms with van der Waals surface area (Å²) in [6.07, 6.45) is 8.44. The Kier molecular flexibility index (Phi) is 5.54. The molecule has 0 aliphatic heterocycles. The lowest BCUT2D eigenvalue weighted by atomic mass is 10.1. The summed E-state index contributed by atoms with van der Waals surface area (Å²) in [5.41, 5.74) is 2.83. The average molecular weight is 150 g/mol. The van der Waals surface area contributed by atoms with E-state index in [1.54, 1.807) is 0 Å². The van der Waals surface area contributed by atoms with Crippen LogP contribution in [0, 0.1) is 0 Å². The van der Waals surface area contributed by atoms with Gasteiger partial charge < -0.3 is 0 Å². The van der Waals surface area contributed by atoms with Gasteiger partial charge in [0.15, 0.2) is 0 Å². The van der Waals surface area contributed by atoms with Crippen molar-refractivity contribution in [3.8, 4) is 0 Å². The van der Waals surface area contributed by atoms with Crippen molar-refractivity contribution in [3.05, 3.63) is 36.0 Å². The zero-order chi connectivity index (χ0) is 8.69. The molecule has 0 aromatic rings. The molecule has 11 heavy (non-hydrogen) atoms. The molecule has 62 valence electrons. The van der Waals surface area contributed by atoms with Crippen molar-refractivity contribution >= 4 is 0 Å². The van der Waals surface area contributed by atoms with Gasteiger partial charge in [-0.25, -0.2) is 0 Å². The fraction of sp³-hybridized carbons (Fsp3) is 0.455. The van der Waals surface area contributed by atoms with Crippen LogP contribution in [0.1, 0.15) is 33.6 Å². The second-order valence-electron chi connectivity index (χ2n) is 2.88. The zero-order valence-corrected chi connectivity index (χ0v) is 7.85. The molecule has 0 aliphatic rings. The minimum Gasteiger partial charge on any atom is -0.103 e. The van der Waals surface area contributed by atoms with Crippen LogP contribution in [0.25, 0.3) is 0 Å². The van der Waals surface area contributed by atoms with E-state index in [0.29, 0.717) is 0 Å². The lowest BCUT2D eigenvalue weighted by Crippen LogP contribution is -1.75. The monoisotopic (exact) mass is 150 g/mol. The van der Waals surface area contributed by atoms with E-state index in [2.05, 4.69) is 39.5 Å². The van der Waals surface area contributed by atoms with E-state index in [1.807, 2.05) is 6.08 Å². The highest BCUT2D eigenvalue weighted by Crippen LogP contribution is 2.06. The van der Waals surface area contributed by atoms with Gasteiger partial charge in [-0.15, -0.1) is 6.58 Å². The zero-order valence-electron chi connectivity index (χ0n) is 7.85. The van der Waals surface area contributed by atoms with Gasteiger partial charge >= 0.3 is 0 Å². The Hall–Kier alpha value is -0.780. The van der Waals surface area contributed by atoms with Gasteiger partial charge in [0, 0.05) is 0 Å². The van der Waals surface area contributed by atoms with E-state index >= 15 is 0 Å². The maximum Gasteiger partial charge on any atom is -0.0139 e. The predicted octanol–water partition coefficient (Wildman–Crippen LogP) is 3.87. The molecule has 0 rings (SSSR count). The Balaban J connectivity index is 3.81. The first-order valence-corrected chi connectivity index (χ1v) is 4.09. The highest BCUT2D eigenvalue weighted by Gasteiger charge is 1.86. The fourth-order valence-corrected chi connectivity index (χ4v) is 0.764. The average Bonchev–Trinajstić information content (AvgIpc) is 2.01. The third-order valence-electron chi connectivity index (χ3n) is 1.73. The minimum atomic E-state index is 1.01. The van der Waals surface area contributed by atoms with Crippen LogP contribution in [0.3, 0.4) is 0 Å². The first kappa shape index (κ1) is 10.2. The highest BCUT2D eigenvalue weighted by molar-refractivity contribution is 5.09. The summed E-state index contributed by atoms with van der Waals surface area (Å²) in [5.74, 6) is 0. The number of allylic oxidation sites excluding steroid dienone is 5. The lowest BCUT2D eigenvalue weighted by molar-refractivity contribution is 1.12. The molecule has 0 N–H and O–H groups in total. The van der Waals surface area contributed by atoms with E-state index in [0.717, 1.165) is 12.8 Å². The second-order valence-corrected chi connectivity index (χ2v) is 2.88. The van der Waals surface area contributed by atoms with E-state index in [1.165, 1.54) is 11.1 Å². The van der Waals surface area contributed by atoms with Crippen LogP contribution in [0.5, 0.6) is 0 Å². The molecular weight excluding hydrogens is 132 g/mol. The molecule has 0 saturated heterocycles. The molecule has 0 bridgehead atoms. The van der Waals surface area contributed by atoms with Crippen molar-refractivity contribution in [1.82, 2.24) is 0 Å². The molecule has 0 heteroatoms. The van der Waals surface area contributed by atoms with E-state index in [9.17, 15) is 0 Å². The lowest BCUT2D eigenvalue weighted by Gasteiger charge is -1.96. The van der Waals surface area contributed by atoms with Crippen LogP contribution in [0.4, 0.5) is 0 Å². The first-order chi connectivity index (χ1) is 5.20. The molecule has 0 heterocycles. The van der Waals surface area contributed by atoms with Crippen molar-refractivity contribution in [2.24, 2.45) is 0 Å². The Morgan fingerprint density at radius 1 is 1.18 bits per heavy atom. The summed E-state index contributed by atoms with van der Waals surface area (Å²) >= 11 is 0. The van der Waals surface area contributed by atoms with Crippen molar-refractivity contribution in [1.29, 1.82) is 0 Å². The van der Waals surface area contributed by atoms with Gasteiger partial charge in [0.1, 0.15) is 0 Å². The smallest absolute Gasteiger partial charge is 0.0139 e. The molecule has 0 saturated carbocycles. The van der Waals surface area contributed by atoms with Gasteiger partial charge in [-0.2, -0.15) is 0 Å². The summed E-state index contributed by atoms with van der Waals surface area (Å²) in [4.78, 5) is 0. The standard InChI is InChI=1S/C11H18/c1-5-7-11(4)9-8-10(3)6-2/h5-6,9H,1,7-8H2,2-4H3. The summed E-state index contributed by atoms with van der Waals surface area (Å²) in [5, 5.41) is 0. The van der Waals surface area contributed by atoms with Crippen LogP contribution in [-0.4, -0.2) is 0 Å². The molecule has 0 aromatic heterocycles. The molecule has 0 unspecified atom stereocenters. The van der Waals surface area contributed by atoms with Gasteiger partial charge in [0.25, 0.3) is 0 Å². The molecular formula is C11H18. The van der Waals surface area contributed by atoms with Crippen molar-refractivity contribution in [3.63, 3.8) is 0 Å².